The largest absolute Gasteiger partial charge is 0.497 e. The van der Waals surface area contributed by atoms with Crippen molar-refractivity contribution in [2.24, 2.45) is 0 Å². The van der Waals surface area contributed by atoms with Gasteiger partial charge in [0.15, 0.2) is 4.32 Å². The first-order valence-electron chi connectivity index (χ1n) is 7.36. The standard InChI is InChI=1S/C18H14N2O3S2/c1-23-14-9-5-6-12(10-14)11-15-17(22)20(18(24)25-15)19-16(21)13-7-3-2-4-8-13/h2-11H,1H3,(H,19,21)/b15-11-. The molecule has 2 aromatic carbocycles. The second kappa shape index (κ2) is 7.50. The number of nitrogens with one attached hydrogen (secondary N) is 1. The van der Waals surface area contributed by atoms with Crippen LogP contribution in [0, 0.1) is 0 Å². The van der Waals surface area contributed by atoms with Gasteiger partial charge >= 0.3 is 0 Å². The van der Waals surface area contributed by atoms with Crippen LogP contribution in [0.5, 0.6) is 5.75 Å². The minimum absolute atomic E-state index is 0.281. The van der Waals surface area contributed by atoms with Gasteiger partial charge in [0.2, 0.25) is 0 Å². The van der Waals surface area contributed by atoms with Crippen LogP contribution in [-0.2, 0) is 4.79 Å². The molecule has 1 N–H and O–H groups in total. The van der Waals surface area contributed by atoms with Gasteiger partial charge in [0.1, 0.15) is 5.75 Å². The molecule has 0 bridgehead atoms. The smallest absolute Gasteiger partial charge is 0.285 e. The molecule has 1 aliphatic rings. The summed E-state index contributed by atoms with van der Waals surface area (Å²) in [5.41, 5.74) is 3.82. The van der Waals surface area contributed by atoms with Crippen LogP contribution >= 0.6 is 24.0 Å². The van der Waals surface area contributed by atoms with E-state index in [1.165, 1.54) is 0 Å². The van der Waals surface area contributed by atoms with Crippen molar-refractivity contribution in [3.05, 3.63) is 70.6 Å². The lowest BCUT2D eigenvalue weighted by Crippen LogP contribution is -2.44. The third-order valence-corrected chi connectivity index (χ3v) is 4.74. The number of nitrogens with zero attached hydrogens (tertiary/aromatic N) is 1. The Hall–Kier alpha value is -2.64. The van der Waals surface area contributed by atoms with E-state index in [-0.39, 0.29) is 16.1 Å². The van der Waals surface area contributed by atoms with E-state index in [1.807, 2.05) is 30.3 Å². The molecule has 0 unspecified atom stereocenters. The SMILES string of the molecule is COc1cccc(/C=C2\SC(=S)N(NC(=O)c3ccccc3)C2=O)c1. The second-order valence-electron chi connectivity index (χ2n) is 5.10. The van der Waals surface area contributed by atoms with E-state index in [4.69, 9.17) is 17.0 Å². The number of thioether (sulfide) groups is 1. The van der Waals surface area contributed by atoms with Crippen molar-refractivity contribution in [2.75, 3.05) is 7.11 Å². The highest BCUT2D eigenvalue weighted by Crippen LogP contribution is 2.31. The molecule has 25 heavy (non-hydrogen) atoms. The lowest BCUT2D eigenvalue weighted by Gasteiger charge is -2.15. The first-order valence-corrected chi connectivity index (χ1v) is 8.59. The highest BCUT2D eigenvalue weighted by molar-refractivity contribution is 8.26. The van der Waals surface area contributed by atoms with E-state index in [9.17, 15) is 9.59 Å². The fourth-order valence-electron chi connectivity index (χ4n) is 2.20. The van der Waals surface area contributed by atoms with Crippen molar-refractivity contribution in [1.82, 2.24) is 10.4 Å². The normalized spacial score (nSPS) is 15.6. The van der Waals surface area contributed by atoms with Gasteiger partial charge in [-0.3, -0.25) is 15.0 Å². The van der Waals surface area contributed by atoms with Crippen molar-refractivity contribution in [3.63, 3.8) is 0 Å². The first kappa shape index (κ1) is 17.2. The number of hydrazine groups is 1. The Labute approximate surface area is 154 Å². The first-order chi connectivity index (χ1) is 12.1. The molecular weight excluding hydrogens is 356 g/mol. The highest BCUT2D eigenvalue weighted by atomic mass is 32.2. The maximum atomic E-state index is 12.5. The summed E-state index contributed by atoms with van der Waals surface area (Å²) in [6.07, 6.45) is 1.72. The number of amides is 2. The van der Waals surface area contributed by atoms with Crippen molar-refractivity contribution in [3.8, 4) is 5.75 Å². The summed E-state index contributed by atoms with van der Waals surface area (Å²) in [6.45, 7) is 0. The van der Waals surface area contributed by atoms with Crippen LogP contribution in [0.3, 0.4) is 0 Å². The van der Waals surface area contributed by atoms with Gasteiger partial charge in [-0.25, -0.2) is 0 Å². The predicted octanol–water partition coefficient (Wildman–Crippen LogP) is 3.24. The van der Waals surface area contributed by atoms with Crippen LogP contribution in [0.15, 0.2) is 59.5 Å². The molecule has 1 fully saturated rings. The van der Waals surface area contributed by atoms with Crippen LogP contribution in [0.1, 0.15) is 15.9 Å². The topological polar surface area (TPSA) is 58.6 Å². The van der Waals surface area contributed by atoms with E-state index in [0.717, 1.165) is 22.3 Å². The van der Waals surface area contributed by atoms with Crippen LogP contribution in [0.25, 0.3) is 6.08 Å². The maximum Gasteiger partial charge on any atom is 0.285 e. The van der Waals surface area contributed by atoms with Crippen molar-refractivity contribution < 1.29 is 14.3 Å². The molecule has 2 aromatic rings. The third-order valence-electron chi connectivity index (χ3n) is 3.43. The molecule has 5 nitrogen and oxygen atoms in total. The van der Waals surface area contributed by atoms with Gasteiger partial charge < -0.3 is 4.74 Å². The predicted molar refractivity (Wildman–Crippen MR) is 102 cm³/mol. The van der Waals surface area contributed by atoms with Crippen LogP contribution in [0.4, 0.5) is 0 Å². The fourth-order valence-corrected chi connectivity index (χ4v) is 3.38. The Kier molecular flexibility index (Phi) is 5.16. The number of rotatable bonds is 4. The summed E-state index contributed by atoms with van der Waals surface area (Å²) in [5.74, 6) is -0.0526. The molecule has 1 saturated heterocycles. The molecule has 0 spiro atoms. The van der Waals surface area contributed by atoms with Gasteiger partial charge in [0, 0.05) is 5.56 Å². The Morgan fingerprint density at radius 2 is 1.96 bits per heavy atom. The number of thiocarbonyl (C=S) groups is 1. The van der Waals surface area contributed by atoms with Gasteiger partial charge in [0.05, 0.1) is 12.0 Å². The number of hydrogen-bond acceptors (Lipinski definition) is 5. The molecule has 0 saturated carbocycles. The Bertz CT molecular complexity index is 866. The number of methoxy groups -OCH3 is 1. The summed E-state index contributed by atoms with van der Waals surface area (Å²) in [6, 6.07) is 16.0. The van der Waals surface area contributed by atoms with Gasteiger partial charge in [-0.2, -0.15) is 5.01 Å². The minimum atomic E-state index is -0.389. The zero-order valence-electron chi connectivity index (χ0n) is 13.3. The number of carbonyl (C=O) groups excluding carboxylic acids is 2. The summed E-state index contributed by atoms with van der Waals surface area (Å²) < 4.78 is 5.46. The number of benzene rings is 2. The molecule has 0 aliphatic carbocycles. The summed E-state index contributed by atoms with van der Waals surface area (Å²) in [7, 11) is 1.58. The quantitative estimate of drug-likeness (QED) is 0.661. The van der Waals surface area contributed by atoms with Crippen LogP contribution in [0.2, 0.25) is 0 Å². The van der Waals surface area contributed by atoms with Crippen LogP contribution < -0.4 is 10.2 Å². The fraction of sp³-hybridized carbons (Fsp3) is 0.0556. The molecule has 0 aromatic heterocycles. The Morgan fingerprint density at radius 3 is 2.68 bits per heavy atom. The molecule has 0 radical (unpaired) electrons. The number of carbonyl (C=O) groups is 2. The van der Waals surface area contributed by atoms with Gasteiger partial charge in [-0.1, -0.05) is 42.1 Å². The number of ether oxygens (including phenoxy) is 1. The van der Waals surface area contributed by atoms with Crippen LogP contribution in [-0.4, -0.2) is 28.3 Å². The van der Waals surface area contributed by atoms with E-state index in [2.05, 4.69) is 5.43 Å². The van der Waals surface area contributed by atoms with Crippen molar-refractivity contribution >= 4 is 46.2 Å². The van der Waals surface area contributed by atoms with E-state index in [1.54, 1.807) is 37.5 Å². The Morgan fingerprint density at radius 1 is 1.20 bits per heavy atom. The number of hydrogen-bond donors (Lipinski definition) is 1. The lowest BCUT2D eigenvalue weighted by atomic mass is 10.2. The van der Waals surface area contributed by atoms with Gasteiger partial charge in [-0.15, -0.1) is 0 Å². The third kappa shape index (κ3) is 3.89. The Balaban J connectivity index is 1.78. The summed E-state index contributed by atoms with van der Waals surface area (Å²) in [4.78, 5) is 25.2. The van der Waals surface area contributed by atoms with Gasteiger partial charge in [0.25, 0.3) is 11.8 Å². The molecule has 126 valence electrons. The maximum absolute atomic E-state index is 12.5. The summed E-state index contributed by atoms with van der Waals surface area (Å²) in [5, 5.41) is 1.10. The molecule has 7 heteroatoms. The monoisotopic (exact) mass is 370 g/mol. The van der Waals surface area contributed by atoms with E-state index < -0.39 is 0 Å². The van der Waals surface area contributed by atoms with Crippen molar-refractivity contribution in [2.45, 2.75) is 0 Å². The van der Waals surface area contributed by atoms with Crippen molar-refractivity contribution in [1.29, 1.82) is 0 Å². The zero-order chi connectivity index (χ0) is 17.8. The molecule has 2 amide bonds. The molecule has 1 aliphatic heterocycles. The average Bonchev–Trinajstić information content (AvgIpc) is 2.90. The molecule has 0 atom stereocenters. The zero-order valence-corrected chi connectivity index (χ0v) is 14.9. The minimum Gasteiger partial charge on any atom is -0.497 e. The molecule has 1 heterocycles. The highest BCUT2D eigenvalue weighted by Gasteiger charge is 2.33. The molecule has 3 rings (SSSR count). The second-order valence-corrected chi connectivity index (χ2v) is 6.78. The molecular formula is C18H14N2O3S2. The summed E-state index contributed by atoms with van der Waals surface area (Å²) >= 11 is 6.36. The van der Waals surface area contributed by atoms with Gasteiger partial charge in [-0.05, 0) is 48.1 Å². The average molecular weight is 370 g/mol. The van der Waals surface area contributed by atoms with E-state index >= 15 is 0 Å². The van der Waals surface area contributed by atoms with E-state index in [0.29, 0.717) is 16.2 Å². The lowest BCUT2D eigenvalue weighted by molar-refractivity contribution is -0.123.